The van der Waals surface area contributed by atoms with Crippen molar-refractivity contribution in [2.45, 2.75) is 19.9 Å². The second-order valence-electron chi connectivity index (χ2n) is 8.09. The van der Waals surface area contributed by atoms with Crippen LogP contribution in [-0.2, 0) is 13.0 Å². The number of fused-ring (bicyclic) bond motifs is 2. The number of H-pyrrole nitrogens is 1. The lowest BCUT2D eigenvalue weighted by Gasteiger charge is -2.36. The highest BCUT2D eigenvalue weighted by molar-refractivity contribution is 5.91. The van der Waals surface area contributed by atoms with Crippen molar-refractivity contribution in [1.29, 1.82) is 0 Å². The van der Waals surface area contributed by atoms with Gasteiger partial charge in [0.25, 0.3) is 5.56 Å². The first-order valence-electron chi connectivity index (χ1n) is 10.9. The van der Waals surface area contributed by atoms with E-state index in [9.17, 15) is 4.79 Å². The maximum atomic E-state index is 15.2. The van der Waals surface area contributed by atoms with E-state index in [0.29, 0.717) is 41.9 Å². The number of nitrogens with one attached hydrogen (secondary N) is 2. The first kappa shape index (κ1) is 20.4. The summed E-state index contributed by atoms with van der Waals surface area (Å²) in [6.45, 7) is 5.76. The third-order valence-electron chi connectivity index (χ3n) is 6.27. The summed E-state index contributed by atoms with van der Waals surface area (Å²) >= 11 is 0. The molecule has 0 bridgehead atoms. The van der Waals surface area contributed by atoms with Crippen LogP contribution in [0.15, 0.2) is 41.7 Å². The molecule has 3 aromatic heterocycles. The van der Waals surface area contributed by atoms with Crippen LogP contribution in [0, 0.1) is 5.82 Å². The molecule has 8 nitrogen and oxygen atoms in total. The molecule has 0 aliphatic carbocycles. The summed E-state index contributed by atoms with van der Waals surface area (Å²) in [6, 6.07) is 5.74. The largest absolute Gasteiger partial charge is 0.373 e. The Kier molecular flexibility index (Phi) is 5.26. The Balaban J connectivity index is 1.32. The van der Waals surface area contributed by atoms with E-state index in [1.165, 1.54) is 6.33 Å². The van der Waals surface area contributed by atoms with E-state index in [2.05, 4.69) is 36.1 Å². The van der Waals surface area contributed by atoms with Crippen LogP contribution in [0.5, 0.6) is 0 Å². The Hall–Kier alpha value is -3.46. The number of aromatic amines is 1. The van der Waals surface area contributed by atoms with Gasteiger partial charge in [-0.1, -0.05) is 6.92 Å². The highest BCUT2D eigenvalue weighted by Gasteiger charge is 2.22. The van der Waals surface area contributed by atoms with Crippen LogP contribution in [0.4, 0.5) is 15.9 Å². The fourth-order valence-electron chi connectivity index (χ4n) is 4.45. The second kappa shape index (κ2) is 8.23. The van der Waals surface area contributed by atoms with Crippen molar-refractivity contribution in [1.82, 2.24) is 24.3 Å². The second-order valence-corrected chi connectivity index (χ2v) is 8.09. The van der Waals surface area contributed by atoms with E-state index in [0.717, 1.165) is 36.4 Å². The van der Waals surface area contributed by atoms with Crippen molar-refractivity contribution in [2.24, 2.45) is 0 Å². The minimum absolute atomic E-state index is 0.0261. The minimum Gasteiger partial charge on any atom is -0.373 e. The van der Waals surface area contributed by atoms with Gasteiger partial charge in [-0.15, -0.1) is 0 Å². The first-order valence-corrected chi connectivity index (χ1v) is 10.9. The van der Waals surface area contributed by atoms with Gasteiger partial charge >= 0.3 is 0 Å². The Morgan fingerprint density at radius 1 is 1.12 bits per heavy atom. The van der Waals surface area contributed by atoms with Gasteiger partial charge in [0.05, 0.1) is 5.69 Å². The summed E-state index contributed by atoms with van der Waals surface area (Å²) < 4.78 is 17.2. The molecule has 0 spiro atoms. The Morgan fingerprint density at radius 2 is 1.94 bits per heavy atom. The SMILES string of the molecule is CCc1cn2ccc(CN3CCN(c4ccc5c(NC)ncnc5c4F)CC3)c2[nH]c1=O. The van der Waals surface area contributed by atoms with E-state index in [4.69, 9.17) is 0 Å². The van der Waals surface area contributed by atoms with Crippen LogP contribution < -0.4 is 15.8 Å². The molecule has 1 aliphatic heterocycles. The molecule has 5 rings (SSSR count). The summed E-state index contributed by atoms with van der Waals surface area (Å²) in [5.41, 5.74) is 3.59. The Morgan fingerprint density at radius 3 is 2.69 bits per heavy atom. The standard InChI is InChI=1S/C23H26FN7O/c1-3-15-13-31-7-6-16(22(31)28-23(15)32)12-29-8-10-30(11-9-29)18-5-4-17-20(19(18)24)26-14-27-21(17)25-2/h4-7,13-14H,3,8-12H2,1-2H3,(H,28,32)(H,25,26,27). The first-order chi connectivity index (χ1) is 15.6. The van der Waals surface area contributed by atoms with Crippen molar-refractivity contribution < 1.29 is 4.39 Å². The fraction of sp³-hybridized carbons (Fsp3) is 0.348. The molecule has 1 fully saturated rings. The van der Waals surface area contributed by atoms with Crippen LogP contribution >= 0.6 is 0 Å². The molecule has 9 heteroatoms. The monoisotopic (exact) mass is 435 g/mol. The number of anilines is 2. The maximum Gasteiger partial charge on any atom is 0.254 e. The lowest BCUT2D eigenvalue weighted by Crippen LogP contribution is -2.46. The third kappa shape index (κ3) is 3.48. The van der Waals surface area contributed by atoms with Gasteiger partial charge in [0.15, 0.2) is 5.82 Å². The Bertz CT molecular complexity index is 1340. The topological polar surface area (TPSA) is 81.6 Å². The van der Waals surface area contributed by atoms with Gasteiger partial charge in [-0.25, -0.2) is 14.4 Å². The molecule has 0 atom stereocenters. The summed E-state index contributed by atoms with van der Waals surface area (Å²) in [7, 11) is 1.76. The zero-order valence-corrected chi connectivity index (χ0v) is 18.2. The van der Waals surface area contributed by atoms with Gasteiger partial charge in [0, 0.05) is 68.7 Å². The molecule has 0 saturated carbocycles. The Labute approximate surface area is 184 Å². The van der Waals surface area contributed by atoms with Crippen molar-refractivity contribution in [3.63, 3.8) is 0 Å². The highest BCUT2D eigenvalue weighted by atomic mass is 19.1. The summed E-state index contributed by atoms with van der Waals surface area (Å²) in [5.74, 6) is 0.312. The van der Waals surface area contributed by atoms with Crippen molar-refractivity contribution >= 4 is 28.1 Å². The van der Waals surface area contributed by atoms with Gasteiger partial charge in [-0.3, -0.25) is 9.69 Å². The smallest absolute Gasteiger partial charge is 0.254 e. The summed E-state index contributed by atoms with van der Waals surface area (Å²) in [4.78, 5) is 28.0. The number of hydrogen-bond donors (Lipinski definition) is 2. The zero-order chi connectivity index (χ0) is 22.2. The quantitative estimate of drug-likeness (QED) is 0.502. The third-order valence-corrected chi connectivity index (χ3v) is 6.27. The molecule has 1 aliphatic rings. The normalized spacial score (nSPS) is 15.0. The van der Waals surface area contributed by atoms with Crippen molar-refractivity contribution in [2.75, 3.05) is 43.4 Å². The number of aryl methyl sites for hydroxylation is 1. The number of hydrogen-bond acceptors (Lipinski definition) is 6. The number of benzene rings is 1. The predicted octanol–water partition coefficient (Wildman–Crippen LogP) is 2.64. The molecule has 0 unspecified atom stereocenters. The lowest BCUT2D eigenvalue weighted by atomic mass is 10.1. The molecule has 166 valence electrons. The number of nitrogens with zero attached hydrogens (tertiary/aromatic N) is 5. The molecule has 0 radical (unpaired) electrons. The van der Waals surface area contributed by atoms with E-state index in [1.54, 1.807) is 7.05 Å². The summed E-state index contributed by atoms with van der Waals surface area (Å²) in [5, 5.41) is 3.66. The van der Waals surface area contributed by atoms with Gasteiger partial charge < -0.3 is 19.6 Å². The van der Waals surface area contributed by atoms with E-state index in [-0.39, 0.29) is 11.4 Å². The molecule has 32 heavy (non-hydrogen) atoms. The molecule has 0 amide bonds. The molecular formula is C23H26FN7O. The predicted molar refractivity (Wildman–Crippen MR) is 124 cm³/mol. The van der Waals surface area contributed by atoms with Crippen LogP contribution in [0.2, 0.25) is 0 Å². The molecule has 4 heterocycles. The lowest BCUT2D eigenvalue weighted by molar-refractivity contribution is 0.250. The van der Waals surface area contributed by atoms with E-state index < -0.39 is 0 Å². The summed E-state index contributed by atoms with van der Waals surface area (Å²) in [6.07, 6.45) is 5.98. The average molecular weight is 436 g/mol. The van der Waals surface area contributed by atoms with Gasteiger partial charge in [-0.05, 0) is 24.6 Å². The minimum atomic E-state index is -0.308. The van der Waals surface area contributed by atoms with E-state index >= 15 is 4.39 Å². The number of halogens is 1. The number of rotatable bonds is 5. The molecule has 2 N–H and O–H groups in total. The fourth-order valence-corrected chi connectivity index (χ4v) is 4.45. The van der Waals surface area contributed by atoms with Crippen LogP contribution in [0.1, 0.15) is 18.1 Å². The zero-order valence-electron chi connectivity index (χ0n) is 18.2. The molecule has 1 saturated heterocycles. The van der Waals surface area contributed by atoms with Crippen LogP contribution in [-0.4, -0.2) is 57.5 Å². The van der Waals surface area contributed by atoms with E-state index in [1.807, 2.05) is 35.9 Å². The van der Waals surface area contributed by atoms with Crippen molar-refractivity contribution in [3.8, 4) is 0 Å². The average Bonchev–Trinajstić information content (AvgIpc) is 3.20. The number of aromatic nitrogens is 4. The number of piperazine rings is 1. The van der Waals surface area contributed by atoms with Crippen LogP contribution in [0.3, 0.4) is 0 Å². The van der Waals surface area contributed by atoms with Crippen molar-refractivity contribution in [3.05, 3.63) is 64.2 Å². The van der Waals surface area contributed by atoms with Gasteiger partial charge in [-0.2, -0.15) is 0 Å². The van der Waals surface area contributed by atoms with Gasteiger partial charge in [0.1, 0.15) is 23.3 Å². The maximum absolute atomic E-state index is 15.2. The highest BCUT2D eigenvalue weighted by Crippen LogP contribution is 2.29. The molecule has 1 aromatic carbocycles. The molecular weight excluding hydrogens is 409 g/mol. The van der Waals surface area contributed by atoms with Gasteiger partial charge in [0.2, 0.25) is 0 Å². The molecule has 4 aromatic rings. The van der Waals surface area contributed by atoms with Crippen LogP contribution in [0.25, 0.3) is 16.6 Å².